The van der Waals surface area contributed by atoms with E-state index >= 15 is 0 Å². The van der Waals surface area contributed by atoms with Crippen molar-refractivity contribution in [2.24, 2.45) is 0 Å². The molecule has 0 heterocycles. The van der Waals surface area contributed by atoms with Gasteiger partial charge in [0, 0.05) is 21.2 Å². The Morgan fingerprint density at radius 3 is 2.83 bits per heavy atom. The minimum Gasteiger partial charge on any atom is -0.313 e. The average molecular weight is 326 g/mol. The van der Waals surface area contributed by atoms with Crippen LogP contribution in [-0.2, 0) is 0 Å². The second-order valence-corrected chi connectivity index (χ2v) is 6.52. The molecule has 0 aromatic heterocycles. The van der Waals surface area contributed by atoms with Crippen LogP contribution in [-0.4, -0.2) is 18.8 Å². The summed E-state index contributed by atoms with van der Waals surface area (Å²) in [5.41, 5.74) is 1.60. The molecule has 3 heteroatoms. The maximum Gasteiger partial charge on any atom is 0.0371 e. The van der Waals surface area contributed by atoms with Gasteiger partial charge in [0.2, 0.25) is 0 Å². The van der Waals surface area contributed by atoms with Crippen molar-refractivity contribution in [3.63, 3.8) is 0 Å². The maximum absolute atomic E-state index is 3.61. The van der Waals surface area contributed by atoms with E-state index in [1.165, 1.54) is 35.1 Å². The monoisotopic (exact) mass is 325 g/mol. The Labute approximate surface area is 123 Å². The zero-order valence-electron chi connectivity index (χ0n) is 10.8. The van der Waals surface area contributed by atoms with Crippen LogP contribution in [0.15, 0.2) is 45.3 Å². The van der Waals surface area contributed by atoms with Gasteiger partial charge < -0.3 is 5.32 Å². The molecule has 0 amide bonds. The Morgan fingerprint density at radius 1 is 1.33 bits per heavy atom. The molecule has 1 nitrogen and oxygen atoms in total. The maximum atomic E-state index is 3.61. The highest BCUT2D eigenvalue weighted by molar-refractivity contribution is 9.10. The standard InChI is InChI=1S/C15H20BrNS/c1-17-14(12-7-3-2-4-8-12)11-18-15-10-6-5-9-13(15)16/h5-7,9-10,14,17H,2-4,8,11H2,1H3. The van der Waals surface area contributed by atoms with E-state index in [4.69, 9.17) is 0 Å². The van der Waals surface area contributed by atoms with Crippen LogP contribution in [0.4, 0.5) is 0 Å². The Morgan fingerprint density at radius 2 is 2.17 bits per heavy atom. The summed E-state index contributed by atoms with van der Waals surface area (Å²) in [6.45, 7) is 0. The fourth-order valence-electron chi connectivity index (χ4n) is 2.29. The van der Waals surface area contributed by atoms with Crippen molar-refractivity contribution < 1.29 is 0 Å². The lowest BCUT2D eigenvalue weighted by molar-refractivity contribution is 0.608. The van der Waals surface area contributed by atoms with Crippen LogP contribution in [0, 0.1) is 0 Å². The van der Waals surface area contributed by atoms with Crippen LogP contribution in [0.5, 0.6) is 0 Å². The highest BCUT2D eigenvalue weighted by atomic mass is 79.9. The van der Waals surface area contributed by atoms with Crippen LogP contribution in [0.3, 0.4) is 0 Å². The summed E-state index contributed by atoms with van der Waals surface area (Å²) in [5.74, 6) is 1.10. The summed E-state index contributed by atoms with van der Waals surface area (Å²) in [4.78, 5) is 1.33. The number of benzene rings is 1. The first-order chi connectivity index (χ1) is 8.81. The average Bonchev–Trinajstić information content (AvgIpc) is 2.42. The molecular formula is C15H20BrNS. The number of nitrogens with one attached hydrogen (secondary N) is 1. The van der Waals surface area contributed by atoms with E-state index in [1.807, 2.05) is 11.8 Å². The quantitative estimate of drug-likeness (QED) is 0.625. The molecule has 0 saturated carbocycles. The molecule has 1 atom stereocenters. The second kappa shape index (κ2) is 7.37. The topological polar surface area (TPSA) is 12.0 Å². The number of hydrogen-bond donors (Lipinski definition) is 1. The van der Waals surface area contributed by atoms with Crippen molar-refractivity contribution in [3.8, 4) is 0 Å². The fourth-order valence-corrected chi connectivity index (χ4v) is 4.03. The molecule has 0 saturated heterocycles. The van der Waals surface area contributed by atoms with Crippen LogP contribution in [0.1, 0.15) is 25.7 Å². The Balaban J connectivity index is 1.95. The van der Waals surface area contributed by atoms with Crippen molar-refractivity contribution >= 4 is 27.7 Å². The fraction of sp³-hybridized carbons (Fsp3) is 0.467. The van der Waals surface area contributed by atoms with Crippen LogP contribution in [0.2, 0.25) is 0 Å². The minimum atomic E-state index is 0.516. The number of halogens is 1. The molecule has 1 aromatic carbocycles. The molecule has 1 unspecified atom stereocenters. The number of allylic oxidation sites excluding steroid dienone is 1. The van der Waals surface area contributed by atoms with Gasteiger partial charge in [-0.3, -0.25) is 0 Å². The molecule has 1 aliphatic rings. The van der Waals surface area contributed by atoms with Gasteiger partial charge in [-0.2, -0.15) is 0 Å². The third-order valence-corrected chi connectivity index (χ3v) is 5.49. The van der Waals surface area contributed by atoms with Gasteiger partial charge in [0.05, 0.1) is 0 Å². The van der Waals surface area contributed by atoms with Crippen LogP contribution < -0.4 is 5.32 Å². The third-order valence-electron chi connectivity index (χ3n) is 3.36. The summed E-state index contributed by atoms with van der Waals surface area (Å²) in [5, 5.41) is 3.46. The Hall–Kier alpha value is -0.250. The predicted molar refractivity (Wildman–Crippen MR) is 84.3 cm³/mol. The van der Waals surface area contributed by atoms with E-state index in [0.717, 1.165) is 5.75 Å². The molecule has 0 bridgehead atoms. The number of likely N-dealkylation sites (N-methyl/N-ethyl adjacent to an activating group) is 1. The smallest absolute Gasteiger partial charge is 0.0371 e. The molecular weight excluding hydrogens is 306 g/mol. The molecule has 1 N–H and O–H groups in total. The van der Waals surface area contributed by atoms with Crippen LogP contribution in [0.25, 0.3) is 0 Å². The largest absolute Gasteiger partial charge is 0.313 e. The van der Waals surface area contributed by atoms with Gasteiger partial charge in [-0.25, -0.2) is 0 Å². The van der Waals surface area contributed by atoms with Gasteiger partial charge in [0.25, 0.3) is 0 Å². The molecule has 98 valence electrons. The molecule has 0 spiro atoms. The first-order valence-electron chi connectivity index (χ1n) is 6.55. The highest BCUT2D eigenvalue weighted by Crippen LogP contribution is 2.30. The zero-order valence-corrected chi connectivity index (χ0v) is 13.2. The molecule has 0 fully saturated rings. The normalized spacial score (nSPS) is 17.3. The Bertz CT molecular complexity index is 417. The summed E-state index contributed by atoms with van der Waals surface area (Å²) in [7, 11) is 2.07. The lowest BCUT2D eigenvalue weighted by Gasteiger charge is -2.22. The molecule has 2 rings (SSSR count). The van der Waals surface area contributed by atoms with Crippen LogP contribution >= 0.6 is 27.7 Å². The van der Waals surface area contributed by atoms with Gasteiger partial charge in [0.1, 0.15) is 0 Å². The molecule has 1 aromatic rings. The SMILES string of the molecule is CNC(CSc1ccccc1Br)C1=CCCCC1. The van der Waals surface area contributed by atoms with Crippen molar-refractivity contribution in [1.29, 1.82) is 0 Å². The van der Waals surface area contributed by atoms with E-state index in [0.29, 0.717) is 6.04 Å². The van der Waals surface area contributed by atoms with E-state index < -0.39 is 0 Å². The third kappa shape index (κ3) is 3.87. The number of thioether (sulfide) groups is 1. The summed E-state index contributed by atoms with van der Waals surface area (Å²) >= 11 is 5.53. The molecule has 0 radical (unpaired) electrons. The number of hydrogen-bond acceptors (Lipinski definition) is 2. The van der Waals surface area contributed by atoms with Crippen molar-refractivity contribution in [2.75, 3.05) is 12.8 Å². The lowest BCUT2D eigenvalue weighted by Crippen LogP contribution is -2.30. The summed E-state index contributed by atoms with van der Waals surface area (Å²) in [6, 6.07) is 8.96. The van der Waals surface area contributed by atoms with Gasteiger partial charge in [-0.05, 0) is 60.8 Å². The molecule has 1 aliphatic carbocycles. The molecule has 18 heavy (non-hydrogen) atoms. The van der Waals surface area contributed by atoms with E-state index in [-0.39, 0.29) is 0 Å². The number of rotatable bonds is 5. The van der Waals surface area contributed by atoms with E-state index in [2.05, 4.69) is 58.6 Å². The zero-order chi connectivity index (χ0) is 12.8. The van der Waals surface area contributed by atoms with E-state index in [9.17, 15) is 0 Å². The summed E-state index contributed by atoms with van der Waals surface area (Å²) in [6.07, 6.45) is 7.67. The highest BCUT2D eigenvalue weighted by Gasteiger charge is 2.15. The predicted octanol–water partition coefficient (Wildman–Crippen LogP) is 4.63. The van der Waals surface area contributed by atoms with Crippen molar-refractivity contribution in [3.05, 3.63) is 40.4 Å². The van der Waals surface area contributed by atoms with Gasteiger partial charge in [-0.1, -0.05) is 23.8 Å². The van der Waals surface area contributed by atoms with Gasteiger partial charge in [-0.15, -0.1) is 11.8 Å². The van der Waals surface area contributed by atoms with Crippen molar-refractivity contribution in [2.45, 2.75) is 36.6 Å². The first kappa shape index (κ1) is 14.2. The lowest BCUT2D eigenvalue weighted by atomic mass is 9.95. The minimum absolute atomic E-state index is 0.516. The second-order valence-electron chi connectivity index (χ2n) is 4.61. The molecule has 0 aliphatic heterocycles. The summed E-state index contributed by atoms with van der Waals surface area (Å²) < 4.78 is 1.20. The van der Waals surface area contributed by atoms with Gasteiger partial charge >= 0.3 is 0 Å². The van der Waals surface area contributed by atoms with Gasteiger partial charge in [0.15, 0.2) is 0 Å². The van der Waals surface area contributed by atoms with Crippen molar-refractivity contribution in [1.82, 2.24) is 5.32 Å². The first-order valence-corrected chi connectivity index (χ1v) is 8.32. The Kier molecular flexibility index (Phi) is 5.80. The van der Waals surface area contributed by atoms with E-state index in [1.54, 1.807) is 5.57 Å².